The van der Waals surface area contributed by atoms with Gasteiger partial charge in [0.1, 0.15) is 5.41 Å². The second-order valence-electron chi connectivity index (χ2n) is 4.55. The van der Waals surface area contributed by atoms with Gasteiger partial charge < -0.3 is 0 Å². The molecule has 1 aromatic heterocycles. The predicted molar refractivity (Wildman–Crippen MR) is 70.5 cm³/mol. The van der Waals surface area contributed by atoms with Gasteiger partial charge in [0.2, 0.25) is 0 Å². The lowest BCUT2D eigenvalue weighted by Gasteiger charge is -2.05. The fourth-order valence-corrected chi connectivity index (χ4v) is 3.31. The number of nitrogens with zero attached hydrogens (tertiary/aromatic N) is 1. The molecule has 3 heteroatoms. The molecule has 18 heavy (non-hydrogen) atoms. The molecular formula is C15H11NOS. The zero-order valence-electron chi connectivity index (χ0n) is 9.67. The van der Waals surface area contributed by atoms with Gasteiger partial charge >= 0.3 is 0 Å². The van der Waals surface area contributed by atoms with Crippen molar-refractivity contribution in [1.29, 1.82) is 5.26 Å². The van der Waals surface area contributed by atoms with Crippen LogP contribution in [-0.4, -0.2) is 5.78 Å². The van der Waals surface area contributed by atoms with Gasteiger partial charge in [-0.3, -0.25) is 4.79 Å². The lowest BCUT2D eigenvalue weighted by Crippen LogP contribution is -2.12. The maximum Gasteiger partial charge on any atom is 0.167 e. The molecule has 1 saturated carbocycles. The van der Waals surface area contributed by atoms with E-state index < -0.39 is 5.41 Å². The Morgan fingerprint density at radius 3 is 2.67 bits per heavy atom. The summed E-state index contributed by atoms with van der Waals surface area (Å²) < 4.78 is 0. The van der Waals surface area contributed by atoms with Gasteiger partial charge in [-0.25, -0.2) is 0 Å². The third-order valence-electron chi connectivity index (χ3n) is 3.50. The average molecular weight is 253 g/mol. The Morgan fingerprint density at radius 2 is 2.06 bits per heavy atom. The van der Waals surface area contributed by atoms with Crippen molar-refractivity contribution in [1.82, 2.24) is 0 Å². The SMILES string of the molecule is N#C[C@]1(c2cccs2)C[C@@H]1C(=O)c1ccccc1. The summed E-state index contributed by atoms with van der Waals surface area (Å²) in [7, 11) is 0. The number of nitriles is 1. The molecule has 1 aliphatic rings. The number of Topliss-reactive ketones (excluding diaryl/α,β-unsaturated/α-hetero) is 1. The fraction of sp³-hybridized carbons (Fsp3) is 0.200. The maximum atomic E-state index is 12.3. The van der Waals surface area contributed by atoms with Crippen LogP contribution < -0.4 is 0 Å². The summed E-state index contributed by atoms with van der Waals surface area (Å²) in [5.74, 6) is -0.0888. The molecule has 0 spiro atoms. The molecular weight excluding hydrogens is 242 g/mol. The molecule has 0 unspecified atom stereocenters. The third-order valence-corrected chi connectivity index (χ3v) is 4.54. The van der Waals surface area contributed by atoms with Crippen molar-refractivity contribution in [2.24, 2.45) is 5.92 Å². The van der Waals surface area contributed by atoms with Crippen molar-refractivity contribution in [3.63, 3.8) is 0 Å². The highest BCUT2D eigenvalue weighted by Crippen LogP contribution is 2.56. The number of carbonyl (C=O) groups excluding carboxylic acids is 1. The third kappa shape index (κ3) is 1.58. The van der Waals surface area contributed by atoms with Gasteiger partial charge in [-0.2, -0.15) is 5.26 Å². The van der Waals surface area contributed by atoms with Gasteiger partial charge in [0.15, 0.2) is 5.78 Å². The largest absolute Gasteiger partial charge is 0.294 e. The zero-order chi connectivity index (χ0) is 12.6. The minimum atomic E-state index is -0.568. The Balaban J connectivity index is 1.90. The zero-order valence-corrected chi connectivity index (χ0v) is 10.5. The first-order chi connectivity index (χ1) is 8.78. The molecule has 1 heterocycles. The number of hydrogen-bond acceptors (Lipinski definition) is 3. The number of benzene rings is 1. The molecule has 0 N–H and O–H groups in total. The van der Waals surface area contributed by atoms with Crippen molar-refractivity contribution >= 4 is 17.1 Å². The normalized spacial score (nSPS) is 25.4. The Bertz CT molecular complexity index is 612. The smallest absolute Gasteiger partial charge is 0.167 e. The first-order valence-corrected chi connectivity index (χ1v) is 6.70. The molecule has 2 atom stereocenters. The van der Waals surface area contributed by atoms with Crippen LogP contribution >= 0.6 is 11.3 Å². The lowest BCUT2D eigenvalue weighted by molar-refractivity contribution is 0.0961. The Kier molecular flexibility index (Phi) is 2.53. The maximum absolute atomic E-state index is 12.3. The van der Waals surface area contributed by atoms with Gasteiger partial charge in [0, 0.05) is 16.4 Å². The van der Waals surface area contributed by atoms with E-state index in [1.165, 1.54) is 0 Å². The Labute approximate surface area is 110 Å². The minimum Gasteiger partial charge on any atom is -0.294 e. The van der Waals surface area contributed by atoms with Crippen LogP contribution in [0, 0.1) is 17.2 Å². The standard InChI is InChI=1S/C15H11NOS/c16-10-15(13-7-4-8-18-13)9-12(15)14(17)11-5-2-1-3-6-11/h1-8,12H,9H2/t12-,15-/m1/s1. The van der Waals surface area contributed by atoms with Crippen molar-refractivity contribution in [2.75, 3.05) is 0 Å². The van der Waals surface area contributed by atoms with Gasteiger partial charge in [-0.1, -0.05) is 36.4 Å². The molecule has 88 valence electrons. The van der Waals surface area contributed by atoms with Crippen LogP contribution in [0.25, 0.3) is 0 Å². The van der Waals surface area contributed by atoms with Crippen molar-refractivity contribution in [3.05, 3.63) is 58.3 Å². The molecule has 0 bridgehead atoms. The van der Waals surface area contributed by atoms with Crippen LogP contribution in [0.15, 0.2) is 47.8 Å². The molecule has 1 fully saturated rings. The summed E-state index contributed by atoms with van der Waals surface area (Å²) in [6, 6.07) is 15.5. The topological polar surface area (TPSA) is 40.9 Å². The summed E-state index contributed by atoms with van der Waals surface area (Å²) in [6.07, 6.45) is 0.651. The van der Waals surface area contributed by atoms with Gasteiger partial charge in [0.05, 0.1) is 6.07 Å². The van der Waals surface area contributed by atoms with Gasteiger partial charge in [-0.15, -0.1) is 11.3 Å². The van der Waals surface area contributed by atoms with E-state index in [0.717, 1.165) is 4.88 Å². The molecule has 0 saturated heterocycles. The molecule has 2 nitrogen and oxygen atoms in total. The second-order valence-corrected chi connectivity index (χ2v) is 5.50. The average Bonchev–Trinajstić information content (AvgIpc) is 2.92. The molecule has 0 amide bonds. The number of carbonyl (C=O) groups is 1. The first kappa shape index (κ1) is 11.2. The highest BCUT2D eigenvalue weighted by molar-refractivity contribution is 7.10. The van der Waals surface area contributed by atoms with E-state index in [1.807, 2.05) is 47.8 Å². The van der Waals surface area contributed by atoms with E-state index in [2.05, 4.69) is 6.07 Å². The van der Waals surface area contributed by atoms with Gasteiger partial charge in [-0.05, 0) is 17.9 Å². The van der Waals surface area contributed by atoms with Crippen LogP contribution in [0.4, 0.5) is 0 Å². The minimum absolute atomic E-state index is 0.0885. The fourth-order valence-electron chi connectivity index (χ4n) is 2.37. The summed E-state index contributed by atoms with van der Waals surface area (Å²) >= 11 is 1.56. The van der Waals surface area contributed by atoms with Crippen LogP contribution in [0.2, 0.25) is 0 Å². The van der Waals surface area contributed by atoms with E-state index >= 15 is 0 Å². The highest BCUT2D eigenvalue weighted by Gasteiger charge is 2.60. The summed E-state index contributed by atoms with van der Waals surface area (Å²) in [5.41, 5.74) is 0.136. The molecule has 3 rings (SSSR count). The number of ketones is 1. The predicted octanol–water partition coefficient (Wildman–Crippen LogP) is 3.41. The highest BCUT2D eigenvalue weighted by atomic mass is 32.1. The molecule has 0 radical (unpaired) electrons. The Morgan fingerprint density at radius 1 is 1.28 bits per heavy atom. The number of thiophene rings is 1. The van der Waals surface area contributed by atoms with E-state index in [4.69, 9.17) is 0 Å². The van der Waals surface area contributed by atoms with Crippen LogP contribution in [0.5, 0.6) is 0 Å². The van der Waals surface area contributed by atoms with Crippen LogP contribution in [-0.2, 0) is 5.41 Å². The second kappa shape index (κ2) is 4.08. The monoisotopic (exact) mass is 253 g/mol. The molecule has 0 aliphatic heterocycles. The molecule has 1 aliphatic carbocycles. The van der Waals surface area contributed by atoms with Crippen LogP contribution in [0.3, 0.4) is 0 Å². The van der Waals surface area contributed by atoms with E-state index in [1.54, 1.807) is 11.3 Å². The van der Waals surface area contributed by atoms with Crippen molar-refractivity contribution in [3.8, 4) is 6.07 Å². The summed E-state index contributed by atoms with van der Waals surface area (Å²) in [5, 5.41) is 11.4. The number of hydrogen-bond donors (Lipinski definition) is 0. The van der Waals surface area contributed by atoms with E-state index in [0.29, 0.717) is 12.0 Å². The summed E-state index contributed by atoms with van der Waals surface area (Å²) in [4.78, 5) is 13.3. The Hall–Kier alpha value is -1.92. The quantitative estimate of drug-likeness (QED) is 0.786. The number of rotatable bonds is 3. The van der Waals surface area contributed by atoms with Crippen molar-refractivity contribution < 1.29 is 4.79 Å². The first-order valence-electron chi connectivity index (χ1n) is 5.82. The van der Waals surface area contributed by atoms with Crippen molar-refractivity contribution in [2.45, 2.75) is 11.8 Å². The lowest BCUT2D eigenvalue weighted by atomic mass is 9.98. The van der Waals surface area contributed by atoms with E-state index in [-0.39, 0.29) is 11.7 Å². The molecule has 1 aromatic carbocycles. The molecule has 2 aromatic rings. The van der Waals surface area contributed by atoms with E-state index in [9.17, 15) is 10.1 Å². The van der Waals surface area contributed by atoms with Crippen LogP contribution in [0.1, 0.15) is 21.7 Å². The summed E-state index contributed by atoms with van der Waals surface area (Å²) in [6.45, 7) is 0. The van der Waals surface area contributed by atoms with Gasteiger partial charge in [0.25, 0.3) is 0 Å².